The van der Waals surface area contributed by atoms with E-state index in [0.717, 1.165) is 58.6 Å². The number of aliphatic carboxylic acids is 1. The molecular formula is C38H40F2N6O6S. The van der Waals surface area contributed by atoms with Gasteiger partial charge in [0, 0.05) is 30.5 Å². The third kappa shape index (κ3) is 7.86. The molecule has 53 heavy (non-hydrogen) atoms. The van der Waals surface area contributed by atoms with Crippen LogP contribution in [0.15, 0.2) is 59.5 Å². The van der Waals surface area contributed by atoms with E-state index in [1.807, 2.05) is 37.3 Å². The number of imidazole rings is 1. The number of H-pyrrole nitrogens is 1. The molecule has 1 amide bonds. The van der Waals surface area contributed by atoms with Crippen LogP contribution in [0.5, 0.6) is 0 Å². The summed E-state index contributed by atoms with van der Waals surface area (Å²) in [5, 5.41) is 15.1. The number of rotatable bonds is 13. The Morgan fingerprint density at radius 3 is 2.43 bits per heavy atom. The number of carbonyl (C=O) groups excluding carboxylic acids is 1. The molecule has 0 saturated heterocycles. The van der Waals surface area contributed by atoms with E-state index in [9.17, 15) is 28.3 Å². The van der Waals surface area contributed by atoms with Gasteiger partial charge in [0.2, 0.25) is 11.4 Å². The van der Waals surface area contributed by atoms with Crippen molar-refractivity contribution in [2.75, 3.05) is 16.2 Å². The average molecular weight is 747 g/mol. The monoisotopic (exact) mass is 746 g/mol. The molecule has 15 heteroatoms. The number of pyridine rings is 1. The first-order valence-corrected chi connectivity index (χ1v) is 18.3. The number of benzene rings is 3. The van der Waals surface area contributed by atoms with Gasteiger partial charge in [-0.25, -0.2) is 22.8 Å². The molecule has 5 N–H and O–H groups in total. The molecule has 1 aliphatic carbocycles. The number of aryl methyl sites for hydroxylation is 7. The van der Waals surface area contributed by atoms with E-state index in [2.05, 4.69) is 20.6 Å². The summed E-state index contributed by atoms with van der Waals surface area (Å²) in [4.78, 5) is 47.7. The molecule has 0 bridgehead atoms. The van der Waals surface area contributed by atoms with Gasteiger partial charge in [-0.15, -0.1) is 0 Å². The number of hydrogen-bond acceptors (Lipinski definition) is 6. The molecule has 0 saturated carbocycles. The molecule has 1 aliphatic rings. The molecule has 5 aromatic rings. The highest BCUT2D eigenvalue weighted by molar-refractivity contribution is 7.80. The smallest absolute Gasteiger partial charge is 0.329 e. The van der Waals surface area contributed by atoms with Crippen molar-refractivity contribution < 1.29 is 32.2 Å². The third-order valence-corrected chi connectivity index (χ3v) is 10.3. The highest BCUT2D eigenvalue weighted by atomic mass is 32.2. The van der Waals surface area contributed by atoms with Crippen LogP contribution in [0.3, 0.4) is 0 Å². The Hall–Kier alpha value is -5.41. The first-order valence-electron chi connectivity index (χ1n) is 17.2. The summed E-state index contributed by atoms with van der Waals surface area (Å²) in [6, 6.07) is 11.9. The van der Waals surface area contributed by atoms with Gasteiger partial charge in [-0.05, 0) is 75.6 Å². The van der Waals surface area contributed by atoms with Crippen LogP contribution in [-0.4, -0.2) is 52.9 Å². The van der Waals surface area contributed by atoms with E-state index >= 15 is 8.78 Å². The van der Waals surface area contributed by atoms with Crippen LogP contribution in [0.4, 0.5) is 20.4 Å². The Morgan fingerprint density at radius 1 is 1.08 bits per heavy atom. The second kappa shape index (κ2) is 15.7. The number of anilines is 2. The predicted molar refractivity (Wildman–Crippen MR) is 198 cm³/mol. The Bertz CT molecular complexity index is 2250. The summed E-state index contributed by atoms with van der Waals surface area (Å²) in [6.07, 6.45) is 5.25. The predicted octanol–water partition coefficient (Wildman–Crippen LogP) is 5.49. The quantitative estimate of drug-likeness (QED) is 0.0986. The lowest BCUT2D eigenvalue weighted by molar-refractivity contribution is -0.138. The van der Waals surface area contributed by atoms with Gasteiger partial charge in [-0.1, -0.05) is 48.0 Å². The minimum Gasteiger partial charge on any atom is -0.480 e. The molecule has 278 valence electrons. The van der Waals surface area contributed by atoms with Crippen molar-refractivity contribution in [2.24, 2.45) is 0 Å². The number of carboxylic acids is 1. The standard InChI is InChI=1S/C38H40F2N6O6S/c1-21-15-22(2)33(23(3)16-21)46(53(51)52)31(37(49)50)19-41-36(48)27-20-45(14-13-24-9-5-4-6-10-24)34-25(35(27)47)17-28(39)26(32(34)40)18-42-38-43-29-11-7-8-12-30(29)44-38/h4-6,9-10,15-17,20,31H,7-8,11-14,18-19H2,1-3H3,(H,41,48)(H,49,50)(H,51,52)(H2,42,43,44). The number of amides is 1. The van der Waals surface area contributed by atoms with Gasteiger partial charge in [0.25, 0.3) is 17.2 Å². The van der Waals surface area contributed by atoms with Gasteiger partial charge >= 0.3 is 5.97 Å². The summed E-state index contributed by atoms with van der Waals surface area (Å²) >= 11 is -2.82. The Morgan fingerprint density at radius 2 is 1.77 bits per heavy atom. The van der Waals surface area contributed by atoms with Crippen LogP contribution < -0.4 is 20.4 Å². The van der Waals surface area contributed by atoms with Crippen LogP contribution in [0.1, 0.15) is 62.4 Å². The van der Waals surface area contributed by atoms with E-state index in [0.29, 0.717) is 23.5 Å². The van der Waals surface area contributed by atoms with Crippen molar-refractivity contribution in [1.82, 2.24) is 19.9 Å². The SMILES string of the molecule is Cc1cc(C)c(N(C(CNC(=O)c2cn(CCc3ccccc3)c3c(F)c(CNc4nc5c([nH]4)CCCC5)c(F)cc3c2=O)C(=O)O)S(=O)O)c(C)c1. The van der Waals surface area contributed by atoms with Crippen molar-refractivity contribution >= 4 is 45.7 Å². The zero-order chi connectivity index (χ0) is 38.0. The second-order valence-electron chi connectivity index (χ2n) is 13.3. The number of aromatic nitrogens is 3. The van der Waals surface area contributed by atoms with Gasteiger partial charge in [0.05, 0.1) is 28.8 Å². The van der Waals surface area contributed by atoms with Crippen molar-refractivity contribution in [2.45, 2.75) is 72.0 Å². The van der Waals surface area contributed by atoms with Gasteiger partial charge in [-0.3, -0.25) is 18.4 Å². The first-order chi connectivity index (χ1) is 25.3. The van der Waals surface area contributed by atoms with Crippen molar-refractivity contribution in [3.63, 3.8) is 0 Å². The van der Waals surface area contributed by atoms with Crippen molar-refractivity contribution in [3.8, 4) is 0 Å². The summed E-state index contributed by atoms with van der Waals surface area (Å²) in [5.41, 5.74) is 2.98. The molecule has 0 aliphatic heterocycles. The normalized spacial score (nSPS) is 13.7. The number of hydrogen-bond donors (Lipinski definition) is 5. The molecule has 2 aromatic heterocycles. The fraction of sp³-hybridized carbons (Fsp3) is 0.316. The van der Waals surface area contributed by atoms with Gasteiger partial charge in [0.15, 0.2) is 11.9 Å². The Kier molecular flexibility index (Phi) is 11.0. The number of fused-ring (bicyclic) bond motifs is 2. The molecule has 2 heterocycles. The fourth-order valence-electron chi connectivity index (χ4n) is 7.05. The van der Waals surface area contributed by atoms with Gasteiger partial charge in [0.1, 0.15) is 11.4 Å². The maximum atomic E-state index is 16.4. The van der Waals surface area contributed by atoms with E-state index < -0.39 is 58.4 Å². The summed E-state index contributed by atoms with van der Waals surface area (Å²) < 4.78 is 57.1. The topological polar surface area (TPSA) is 170 Å². The second-order valence-corrected chi connectivity index (χ2v) is 14.1. The van der Waals surface area contributed by atoms with Gasteiger partial charge < -0.3 is 25.3 Å². The van der Waals surface area contributed by atoms with E-state index in [1.165, 1.54) is 10.8 Å². The number of nitrogens with one attached hydrogen (secondary N) is 3. The minimum absolute atomic E-state index is 0.0996. The highest BCUT2D eigenvalue weighted by Gasteiger charge is 2.33. The Balaban J connectivity index is 1.34. The molecule has 2 atom stereocenters. The zero-order valence-electron chi connectivity index (χ0n) is 29.5. The molecule has 0 fully saturated rings. The molecule has 2 unspecified atom stereocenters. The fourth-order valence-corrected chi connectivity index (χ4v) is 7.87. The lowest BCUT2D eigenvalue weighted by Gasteiger charge is -2.30. The van der Waals surface area contributed by atoms with Crippen LogP contribution >= 0.6 is 0 Å². The van der Waals surface area contributed by atoms with Crippen LogP contribution in [0, 0.1) is 32.4 Å². The zero-order valence-corrected chi connectivity index (χ0v) is 30.3. The van der Waals surface area contributed by atoms with Crippen LogP contribution in [0.2, 0.25) is 0 Å². The maximum absolute atomic E-state index is 16.4. The Labute approximate surface area is 306 Å². The van der Waals surface area contributed by atoms with Crippen LogP contribution in [0.25, 0.3) is 10.9 Å². The molecule has 12 nitrogen and oxygen atoms in total. The van der Waals surface area contributed by atoms with Crippen molar-refractivity contribution in [3.05, 3.63) is 121 Å². The number of carbonyl (C=O) groups is 2. The molecular weight excluding hydrogens is 707 g/mol. The number of halogens is 2. The maximum Gasteiger partial charge on any atom is 0.329 e. The van der Waals surface area contributed by atoms with E-state index in [-0.39, 0.29) is 35.2 Å². The third-order valence-electron chi connectivity index (χ3n) is 9.51. The average Bonchev–Trinajstić information content (AvgIpc) is 3.53. The summed E-state index contributed by atoms with van der Waals surface area (Å²) in [7, 11) is 0. The van der Waals surface area contributed by atoms with Crippen LogP contribution in [-0.2, 0) is 48.4 Å². The minimum atomic E-state index is -2.82. The molecule has 6 rings (SSSR count). The largest absolute Gasteiger partial charge is 0.480 e. The lowest BCUT2D eigenvalue weighted by atomic mass is 10.0. The molecule has 3 aromatic carbocycles. The van der Waals surface area contributed by atoms with E-state index in [1.54, 1.807) is 26.0 Å². The molecule has 0 radical (unpaired) electrons. The summed E-state index contributed by atoms with van der Waals surface area (Å²) in [6.45, 7) is 4.32. The first kappa shape index (κ1) is 37.4. The van der Waals surface area contributed by atoms with Gasteiger partial charge in [-0.2, -0.15) is 0 Å². The lowest BCUT2D eigenvalue weighted by Crippen LogP contribution is -2.50. The highest BCUT2D eigenvalue weighted by Crippen LogP contribution is 2.30. The van der Waals surface area contributed by atoms with Crippen molar-refractivity contribution in [1.29, 1.82) is 0 Å². The number of carboxylic acid groups (broad SMARTS) is 1. The number of aromatic amines is 1. The molecule has 0 spiro atoms. The number of nitrogens with zero attached hydrogens (tertiary/aromatic N) is 3. The summed E-state index contributed by atoms with van der Waals surface area (Å²) in [5.74, 6) is -4.12. The van der Waals surface area contributed by atoms with E-state index in [4.69, 9.17) is 0 Å².